The molecule has 0 N–H and O–H groups in total. The lowest BCUT2D eigenvalue weighted by molar-refractivity contribution is 0.242. The Hall–Kier alpha value is -2.38. The number of benzene rings is 1. The lowest BCUT2D eigenvalue weighted by Gasteiger charge is -2.15. The summed E-state index contributed by atoms with van der Waals surface area (Å²) in [7, 11) is 0. The number of nitriles is 1. The molecular weight excluding hydrogens is 340 g/mol. The molecule has 0 saturated heterocycles. The highest BCUT2D eigenvalue weighted by atomic mass is 32.1. The Morgan fingerprint density at radius 3 is 2.88 bits per heavy atom. The van der Waals surface area contributed by atoms with Crippen LogP contribution in [-0.4, -0.2) is 11.1 Å². The van der Waals surface area contributed by atoms with Gasteiger partial charge in [-0.3, -0.25) is 0 Å². The molecule has 0 aliphatic heterocycles. The van der Waals surface area contributed by atoms with Crippen LogP contribution >= 0.6 is 11.3 Å². The third-order valence-electron chi connectivity index (χ3n) is 4.92. The summed E-state index contributed by atoms with van der Waals surface area (Å²) in [6.45, 7) is 3.93. The van der Waals surface area contributed by atoms with E-state index in [-0.39, 0.29) is 6.10 Å². The van der Waals surface area contributed by atoms with Crippen molar-refractivity contribution in [2.24, 2.45) is 0 Å². The van der Waals surface area contributed by atoms with E-state index in [0.717, 1.165) is 23.4 Å². The lowest BCUT2D eigenvalue weighted by Crippen LogP contribution is -2.06. The lowest BCUT2D eigenvalue weighted by atomic mass is 9.92. The standard InChI is InChI=1S/C22H22N2OS/c1-14(2)25-20-10-9-16(11-17(20)12-23)22-24-13-21(26-22)19-8-4-6-15-5-3-7-18(15)19/h6,9-11,13-14H,3-5,7-8H2,1-2H3. The predicted octanol–water partition coefficient (Wildman–Crippen LogP) is 6.13. The molecule has 4 rings (SSSR count). The zero-order valence-electron chi connectivity index (χ0n) is 15.2. The molecule has 0 amide bonds. The van der Waals surface area contributed by atoms with Crippen LogP contribution in [0.25, 0.3) is 16.1 Å². The van der Waals surface area contributed by atoms with Crippen LogP contribution < -0.4 is 4.74 Å². The second kappa shape index (κ2) is 7.09. The van der Waals surface area contributed by atoms with Crippen LogP contribution in [0.5, 0.6) is 5.75 Å². The summed E-state index contributed by atoms with van der Waals surface area (Å²) in [6.07, 6.45) is 10.4. The summed E-state index contributed by atoms with van der Waals surface area (Å²) in [4.78, 5) is 5.94. The van der Waals surface area contributed by atoms with Gasteiger partial charge in [0.05, 0.1) is 16.5 Å². The summed E-state index contributed by atoms with van der Waals surface area (Å²) in [5, 5.41) is 10.4. The minimum atomic E-state index is 0.0489. The molecule has 1 aromatic carbocycles. The van der Waals surface area contributed by atoms with Gasteiger partial charge in [0.2, 0.25) is 0 Å². The topological polar surface area (TPSA) is 45.9 Å². The minimum absolute atomic E-state index is 0.0489. The second-order valence-corrected chi connectivity index (χ2v) is 8.13. The predicted molar refractivity (Wildman–Crippen MR) is 106 cm³/mol. The van der Waals surface area contributed by atoms with E-state index in [1.54, 1.807) is 22.5 Å². The fourth-order valence-corrected chi connectivity index (χ4v) is 4.82. The van der Waals surface area contributed by atoms with Gasteiger partial charge in [0.25, 0.3) is 0 Å². The molecule has 1 saturated carbocycles. The molecule has 0 radical (unpaired) electrons. The summed E-state index contributed by atoms with van der Waals surface area (Å²) < 4.78 is 5.72. The van der Waals surface area contributed by atoms with Gasteiger partial charge >= 0.3 is 0 Å². The molecule has 0 bridgehead atoms. The molecule has 0 unspecified atom stereocenters. The van der Waals surface area contributed by atoms with Crippen LogP contribution in [0, 0.1) is 11.3 Å². The average molecular weight is 362 g/mol. The molecule has 2 aliphatic rings. The van der Waals surface area contributed by atoms with Gasteiger partial charge < -0.3 is 4.74 Å². The zero-order chi connectivity index (χ0) is 18.1. The molecule has 1 heterocycles. The molecule has 2 aromatic rings. The van der Waals surface area contributed by atoms with Gasteiger partial charge in [-0.15, -0.1) is 11.3 Å². The molecule has 132 valence electrons. The quantitative estimate of drug-likeness (QED) is 0.657. The first-order valence-electron chi connectivity index (χ1n) is 9.24. The van der Waals surface area contributed by atoms with Gasteiger partial charge in [0.15, 0.2) is 0 Å². The Morgan fingerprint density at radius 2 is 2.08 bits per heavy atom. The van der Waals surface area contributed by atoms with E-state index in [1.165, 1.54) is 29.7 Å². The SMILES string of the molecule is CC(C)Oc1ccc(-c2ncc(C3=C4CCCC4=CCC3)s2)cc1C#N. The van der Waals surface area contributed by atoms with E-state index in [4.69, 9.17) is 4.74 Å². The third kappa shape index (κ3) is 3.20. The van der Waals surface area contributed by atoms with Crippen molar-refractivity contribution in [3.8, 4) is 22.4 Å². The van der Waals surface area contributed by atoms with Crippen molar-refractivity contribution in [2.75, 3.05) is 0 Å². The number of aromatic nitrogens is 1. The number of ether oxygens (including phenoxy) is 1. The maximum absolute atomic E-state index is 9.45. The number of nitrogens with zero attached hydrogens (tertiary/aromatic N) is 2. The van der Waals surface area contributed by atoms with Crippen LogP contribution in [-0.2, 0) is 0 Å². The number of thiazole rings is 1. The molecule has 4 heteroatoms. The first-order valence-corrected chi connectivity index (χ1v) is 10.1. The van der Waals surface area contributed by atoms with Crippen LogP contribution in [0.3, 0.4) is 0 Å². The average Bonchev–Trinajstić information content (AvgIpc) is 3.30. The van der Waals surface area contributed by atoms with Gasteiger partial charge in [-0.2, -0.15) is 5.26 Å². The van der Waals surface area contributed by atoms with E-state index < -0.39 is 0 Å². The minimum Gasteiger partial charge on any atom is -0.490 e. The Kier molecular flexibility index (Phi) is 4.65. The monoisotopic (exact) mass is 362 g/mol. The van der Waals surface area contributed by atoms with Gasteiger partial charge in [-0.25, -0.2) is 4.98 Å². The summed E-state index contributed by atoms with van der Waals surface area (Å²) in [6, 6.07) is 8.02. The largest absolute Gasteiger partial charge is 0.490 e. The van der Waals surface area contributed by atoms with Crippen LogP contribution in [0.4, 0.5) is 0 Å². The van der Waals surface area contributed by atoms with Gasteiger partial charge in [-0.05, 0) is 80.9 Å². The molecule has 2 aliphatic carbocycles. The van der Waals surface area contributed by atoms with Crippen molar-refractivity contribution in [3.63, 3.8) is 0 Å². The van der Waals surface area contributed by atoms with Crippen molar-refractivity contribution in [1.82, 2.24) is 4.98 Å². The fourth-order valence-electron chi connectivity index (χ4n) is 3.80. The van der Waals surface area contributed by atoms with Gasteiger partial charge in [0.1, 0.15) is 16.8 Å². The van der Waals surface area contributed by atoms with Crippen molar-refractivity contribution >= 4 is 16.9 Å². The number of fused-ring (bicyclic) bond motifs is 1. The van der Waals surface area contributed by atoms with Gasteiger partial charge in [0, 0.05) is 11.8 Å². The zero-order valence-corrected chi connectivity index (χ0v) is 16.0. The van der Waals surface area contributed by atoms with Crippen molar-refractivity contribution in [1.29, 1.82) is 5.26 Å². The Balaban J connectivity index is 1.67. The molecule has 0 atom stereocenters. The Labute approximate surface area is 158 Å². The molecule has 0 spiro atoms. The normalized spacial score (nSPS) is 16.5. The third-order valence-corrected chi connectivity index (χ3v) is 6.03. The second-order valence-electron chi connectivity index (χ2n) is 7.10. The van der Waals surface area contributed by atoms with Crippen molar-refractivity contribution < 1.29 is 4.74 Å². The van der Waals surface area contributed by atoms with Crippen LogP contribution in [0.1, 0.15) is 56.4 Å². The molecular formula is C22H22N2OS. The number of allylic oxidation sites excluding steroid dienone is 4. The molecule has 1 aromatic heterocycles. The number of rotatable bonds is 4. The highest BCUT2D eigenvalue weighted by Gasteiger charge is 2.23. The summed E-state index contributed by atoms with van der Waals surface area (Å²) in [5.41, 5.74) is 6.16. The smallest absolute Gasteiger partial charge is 0.137 e. The van der Waals surface area contributed by atoms with E-state index >= 15 is 0 Å². The number of hydrogen-bond donors (Lipinski definition) is 0. The summed E-state index contributed by atoms with van der Waals surface area (Å²) in [5.74, 6) is 0.640. The maximum Gasteiger partial charge on any atom is 0.137 e. The van der Waals surface area contributed by atoms with Gasteiger partial charge in [-0.1, -0.05) is 6.08 Å². The fraction of sp³-hybridized carbons (Fsp3) is 0.364. The summed E-state index contributed by atoms with van der Waals surface area (Å²) >= 11 is 1.73. The highest BCUT2D eigenvalue weighted by molar-refractivity contribution is 7.16. The maximum atomic E-state index is 9.45. The Morgan fingerprint density at radius 1 is 1.19 bits per heavy atom. The first-order chi connectivity index (χ1) is 12.7. The van der Waals surface area contributed by atoms with Crippen molar-refractivity contribution in [3.05, 3.63) is 52.1 Å². The van der Waals surface area contributed by atoms with E-state index in [0.29, 0.717) is 11.3 Å². The van der Waals surface area contributed by atoms with E-state index in [9.17, 15) is 5.26 Å². The van der Waals surface area contributed by atoms with E-state index in [2.05, 4.69) is 17.1 Å². The Bertz CT molecular complexity index is 943. The van der Waals surface area contributed by atoms with Crippen LogP contribution in [0.15, 0.2) is 41.6 Å². The molecule has 3 nitrogen and oxygen atoms in total. The first kappa shape index (κ1) is 17.1. The number of hydrogen-bond acceptors (Lipinski definition) is 4. The van der Waals surface area contributed by atoms with Crippen LogP contribution in [0.2, 0.25) is 0 Å². The van der Waals surface area contributed by atoms with Crippen molar-refractivity contribution in [2.45, 2.75) is 52.1 Å². The molecule has 1 fully saturated rings. The highest BCUT2D eigenvalue weighted by Crippen LogP contribution is 2.44. The van der Waals surface area contributed by atoms with E-state index in [1.807, 2.05) is 38.2 Å². The molecule has 26 heavy (non-hydrogen) atoms.